The Morgan fingerprint density at radius 2 is 1.60 bits per heavy atom. The van der Waals surface area contributed by atoms with Crippen molar-refractivity contribution in [2.75, 3.05) is 0 Å². The van der Waals surface area contributed by atoms with E-state index >= 15 is 0 Å². The van der Waals surface area contributed by atoms with Gasteiger partial charge in [0.1, 0.15) is 6.61 Å². The number of rotatable bonds is 5. The molecule has 12 heteroatoms. The van der Waals surface area contributed by atoms with Crippen LogP contribution in [0.25, 0.3) is 10.9 Å². The van der Waals surface area contributed by atoms with Crippen molar-refractivity contribution in [1.29, 1.82) is 0 Å². The number of halogens is 3. The Bertz CT molecular complexity index is 1540. The van der Waals surface area contributed by atoms with E-state index in [1.807, 2.05) is 5.48 Å². The van der Waals surface area contributed by atoms with Crippen LogP contribution in [-0.4, -0.2) is 24.5 Å². The van der Waals surface area contributed by atoms with Crippen LogP contribution in [0.4, 0.5) is 4.79 Å². The van der Waals surface area contributed by atoms with Gasteiger partial charge in [0.25, 0.3) is 10.0 Å². The third-order valence-electron chi connectivity index (χ3n) is 4.85. The fourth-order valence-corrected chi connectivity index (χ4v) is 5.29. The van der Waals surface area contributed by atoms with Gasteiger partial charge in [0, 0.05) is 27.2 Å². The number of nitrogens with one attached hydrogen (secondary N) is 1. The minimum atomic E-state index is -3.95. The normalized spacial score (nSPS) is 11.3. The number of benzene rings is 3. The maximum atomic E-state index is 13.2. The van der Waals surface area contributed by atoms with Crippen LogP contribution < -0.4 is 5.48 Å². The number of ether oxygens (including phenoxy) is 1. The number of hydrogen-bond donors (Lipinski definition) is 1. The molecule has 0 aliphatic carbocycles. The van der Waals surface area contributed by atoms with Crippen molar-refractivity contribution >= 4 is 67.8 Å². The van der Waals surface area contributed by atoms with Gasteiger partial charge in [0.05, 0.1) is 21.0 Å². The van der Waals surface area contributed by atoms with Gasteiger partial charge in [0.15, 0.2) is 0 Å². The topological polar surface area (TPSA) is 104 Å². The van der Waals surface area contributed by atoms with Gasteiger partial charge in [0.2, 0.25) is 0 Å². The average molecular weight is 554 g/mol. The number of nitrogens with zero attached hydrogens (tertiary/aromatic N) is 1. The van der Waals surface area contributed by atoms with Crippen molar-refractivity contribution in [2.45, 2.75) is 11.5 Å². The number of carbonyl (C=O) groups is 2. The third-order valence-corrected chi connectivity index (χ3v) is 7.32. The molecule has 0 saturated heterocycles. The summed E-state index contributed by atoms with van der Waals surface area (Å²) in [6.07, 6.45) is 0.264. The number of hydrogen-bond acceptors (Lipinski definition) is 6. The molecule has 0 bridgehead atoms. The van der Waals surface area contributed by atoms with Crippen molar-refractivity contribution in [3.63, 3.8) is 0 Å². The molecule has 0 saturated carbocycles. The monoisotopic (exact) mass is 552 g/mol. The molecule has 8 nitrogen and oxygen atoms in total. The molecule has 0 spiro atoms. The zero-order chi connectivity index (χ0) is 25.2. The zero-order valence-corrected chi connectivity index (χ0v) is 20.7. The van der Waals surface area contributed by atoms with Gasteiger partial charge in [-0.1, -0.05) is 59.1 Å². The number of hydroxylamine groups is 1. The van der Waals surface area contributed by atoms with E-state index in [0.29, 0.717) is 26.5 Å². The summed E-state index contributed by atoms with van der Waals surface area (Å²) in [4.78, 5) is 29.0. The standard InChI is InChI=1S/C23H15Cl3N2O6S/c24-15-7-9-19(20(26)10-15)22(29)34-27-23(30)33-13-14-12-28(21-11-16(25)6-8-18(14)21)35(31,32)17-4-2-1-3-5-17/h1-12H,13H2,(H,27,30). The lowest BCUT2D eigenvalue weighted by molar-refractivity contribution is 0.0198. The minimum Gasteiger partial charge on any atom is -0.443 e. The molecule has 1 aromatic heterocycles. The van der Waals surface area contributed by atoms with Gasteiger partial charge < -0.3 is 9.57 Å². The average Bonchev–Trinajstić information content (AvgIpc) is 3.20. The second kappa shape index (κ2) is 10.2. The van der Waals surface area contributed by atoms with E-state index in [2.05, 4.69) is 0 Å². The first-order valence-electron chi connectivity index (χ1n) is 9.86. The first-order chi connectivity index (χ1) is 16.7. The molecule has 3 aromatic carbocycles. The fraction of sp³-hybridized carbons (Fsp3) is 0.0435. The summed E-state index contributed by atoms with van der Waals surface area (Å²) in [6, 6.07) is 16.7. The van der Waals surface area contributed by atoms with Gasteiger partial charge in [-0.25, -0.2) is 22.0 Å². The van der Waals surface area contributed by atoms with E-state index in [0.717, 1.165) is 3.97 Å². The molecule has 0 radical (unpaired) electrons. The third kappa shape index (κ3) is 5.38. The molecule has 4 rings (SSSR count). The lowest BCUT2D eigenvalue weighted by Crippen LogP contribution is -2.27. The molecule has 1 N–H and O–H groups in total. The van der Waals surface area contributed by atoms with Gasteiger partial charge >= 0.3 is 12.1 Å². The molecule has 0 unspecified atom stereocenters. The second-order valence-electron chi connectivity index (χ2n) is 7.12. The quantitative estimate of drug-likeness (QED) is 0.312. The molecule has 4 aromatic rings. The van der Waals surface area contributed by atoms with Crippen molar-refractivity contribution in [2.24, 2.45) is 0 Å². The first-order valence-corrected chi connectivity index (χ1v) is 12.4. The number of amides is 1. The molecule has 0 fully saturated rings. The van der Waals surface area contributed by atoms with Crippen LogP contribution >= 0.6 is 34.8 Å². The molecular formula is C23H15Cl3N2O6S. The molecule has 0 aliphatic rings. The van der Waals surface area contributed by atoms with E-state index in [4.69, 9.17) is 44.4 Å². The lowest BCUT2D eigenvalue weighted by Gasteiger charge is -2.08. The maximum Gasteiger partial charge on any atom is 0.441 e. The molecule has 35 heavy (non-hydrogen) atoms. The summed E-state index contributed by atoms with van der Waals surface area (Å²) in [7, 11) is -3.95. The Labute approximate surface area is 214 Å². The van der Waals surface area contributed by atoms with E-state index < -0.39 is 22.1 Å². The summed E-state index contributed by atoms with van der Waals surface area (Å²) in [5, 5.41) is 1.21. The largest absolute Gasteiger partial charge is 0.443 e. The number of carbonyl (C=O) groups excluding carboxylic acids is 2. The summed E-state index contributed by atoms with van der Waals surface area (Å²) >= 11 is 17.8. The van der Waals surface area contributed by atoms with Crippen LogP contribution in [0.2, 0.25) is 15.1 Å². The van der Waals surface area contributed by atoms with Crippen molar-refractivity contribution in [3.8, 4) is 0 Å². The summed E-state index contributed by atoms with van der Waals surface area (Å²) in [5.74, 6) is -0.927. The minimum absolute atomic E-state index is 0.0116. The molecule has 0 atom stereocenters. The van der Waals surface area contributed by atoms with Crippen LogP contribution in [0.1, 0.15) is 15.9 Å². The summed E-state index contributed by atoms with van der Waals surface area (Å²) in [6.45, 7) is -0.319. The predicted molar refractivity (Wildman–Crippen MR) is 131 cm³/mol. The SMILES string of the molecule is O=C(NOC(=O)c1ccc(Cl)cc1Cl)OCc1cn(S(=O)(=O)c2ccccc2)c2cc(Cl)ccc12. The van der Waals surface area contributed by atoms with Gasteiger partial charge in [-0.15, -0.1) is 5.48 Å². The smallest absolute Gasteiger partial charge is 0.441 e. The summed E-state index contributed by atoms with van der Waals surface area (Å²) in [5.41, 5.74) is 2.55. The first kappa shape index (κ1) is 24.9. The lowest BCUT2D eigenvalue weighted by atomic mass is 10.2. The highest BCUT2D eigenvalue weighted by Crippen LogP contribution is 2.29. The van der Waals surface area contributed by atoms with E-state index in [1.165, 1.54) is 42.6 Å². The Hall–Kier alpha value is -3.24. The molecule has 180 valence electrons. The summed E-state index contributed by atoms with van der Waals surface area (Å²) < 4.78 is 32.6. The predicted octanol–water partition coefficient (Wildman–Crippen LogP) is 5.84. The number of fused-ring (bicyclic) bond motifs is 1. The van der Waals surface area contributed by atoms with Crippen LogP contribution in [0, 0.1) is 0 Å². The molecule has 1 amide bonds. The van der Waals surface area contributed by atoms with Crippen LogP contribution in [0.3, 0.4) is 0 Å². The van der Waals surface area contributed by atoms with Gasteiger partial charge in [-0.3, -0.25) is 0 Å². The Kier molecular flexibility index (Phi) is 7.23. The second-order valence-corrected chi connectivity index (χ2v) is 10.2. The van der Waals surface area contributed by atoms with E-state index in [9.17, 15) is 18.0 Å². The van der Waals surface area contributed by atoms with Crippen LogP contribution in [0.5, 0.6) is 0 Å². The fourth-order valence-electron chi connectivity index (χ4n) is 3.23. The van der Waals surface area contributed by atoms with Gasteiger partial charge in [-0.05, 0) is 42.5 Å². The highest BCUT2D eigenvalue weighted by atomic mass is 35.5. The Morgan fingerprint density at radius 3 is 2.31 bits per heavy atom. The Balaban J connectivity index is 1.51. The van der Waals surface area contributed by atoms with Crippen LogP contribution in [0.15, 0.2) is 77.8 Å². The van der Waals surface area contributed by atoms with Crippen molar-refractivity contribution < 1.29 is 27.6 Å². The highest BCUT2D eigenvalue weighted by Gasteiger charge is 2.22. The molecular weight excluding hydrogens is 539 g/mol. The van der Waals surface area contributed by atoms with Gasteiger partial charge in [-0.2, -0.15) is 0 Å². The maximum absolute atomic E-state index is 13.2. The van der Waals surface area contributed by atoms with Crippen LogP contribution in [-0.2, 0) is 26.2 Å². The molecule has 0 aliphatic heterocycles. The highest BCUT2D eigenvalue weighted by molar-refractivity contribution is 7.90. The zero-order valence-electron chi connectivity index (χ0n) is 17.6. The Morgan fingerprint density at radius 1 is 0.914 bits per heavy atom. The van der Waals surface area contributed by atoms with E-state index in [-0.39, 0.29) is 22.1 Å². The van der Waals surface area contributed by atoms with Crippen molar-refractivity contribution in [1.82, 2.24) is 9.45 Å². The van der Waals surface area contributed by atoms with E-state index in [1.54, 1.807) is 30.3 Å². The molecule has 1 heterocycles. The number of aromatic nitrogens is 1. The van der Waals surface area contributed by atoms with Crippen molar-refractivity contribution in [3.05, 3.63) is 99.1 Å².